The van der Waals surface area contributed by atoms with Crippen molar-refractivity contribution < 1.29 is 92.4 Å². The molecule has 1 unspecified atom stereocenters. The Morgan fingerprint density at radius 2 is 1.03 bits per heavy atom. The minimum Gasteiger partial charge on any atom is -0.497 e. The SMILES string of the molecule is CC(=O)OI1OC(=O)c2ccccc21.CC(=O)OOC(C)=O.COc1ccc(C2=CC(=O)COc3c2cc(OC)c(OC)c3OC)cc1.COc1ccc(C2=CC(O)COc3c2cc(OC)c(OC)c3OC)cc1. The first-order valence-corrected chi connectivity index (χ1v) is 24.8. The molecule has 74 heavy (non-hydrogen) atoms. The van der Waals surface area contributed by atoms with E-state index in [1.165, 1.54) is 21.1 Å². The number of rotatable bonds is 11. The third-order valence-electron chi connectivity index (χ3n) is 10.2. The Morgan fingerprint density at radius 3 is 1.49 bits per heavy atom. The molecule has 5 aromatic carbocycles. The van der Waals surface area contributed by atoms with Gasteiger partial charge in [-0.1, -0.05) is 24.3 Å². The number of ether oxygens (including phenoxy) is 10. The fraction of sp³-hybridized carbons (Fsp3) is 0.264. The Morgan fingerprint density at radius 1 is 0.554 bits per heavy atom. The molecule has 3 aliphatic heterocycles. The van der Waals surface area contributed by atoms with E-state index in [4.69, 9.17) is 53.5 Å². The van der Waals surface area contributed by atoms with E-state index in [1.54, 1.807) is 85.1 Å². The predicted molar refractivity (Wildman–Crippen MR) is 274 cm³/mol. The first-order chi connectivity index (χ1) is 35.5. The number of ketones is 1. The van der Waals surface area contributed by atoms with Crippen molar-refractivity contribution in [1.82, 2.24) is 0 Å². The molecule has 20 nitrogen and oxygen atoms in total. The molecule has 3 heterocycles. The van der Waals surface area contributed by atoms with Gasteiger partial charge in [0.15, 0.2) is 35.4 Å². The first kappa shape index (κ1) is 56.7. The van der Waals surface area contributed by atoms with Crippen molar-refractivity contribution >= 4 is 61.5 Å². The molecule has 0 amide bonds. The van der Waals surface area contributed by atoms with Gasteiger partial charge in [0, 0.05) is 25.0 Å². The van der Waals surface area contributed by atoms with Gasteiger partial charge in [-0.2, -0.15) is 0 Å². The first-order valence-electron chi connectivity index (χ1n) is 22.0. The van der Waals surface area contributed by atoms with Gasteiger partial charge in [0.05, 0.1) is 56.9 Å². The summed E-state index contributed by atoms with van der Waals surface area (Å²) in [6.07, 6.45) is 2.57. The number of methoxy groups -OCH3 is 8. The molecule has 0 bridgehead atoms. The summed E-state index contributed by atoms with van der Waals surface area (Å²) in [7, 11) is 12.5. The van der Waals surface area contributed by atoms with E-state index < -0.39 is 44.7 Å². The van der Waals surface area contributed by atoms with E-state index >= 15 is 0 Å². The summed E-state index contributed by atoms with van der Waals surface area (Å²) < 4.78 is 65.5. The third-order valence-corrected chi connectivity index (χ3v) is 13.9. The second-order valence-corrected chi connectivity index (χ2v) is 18.3. The van der Waals surface area contributed by atoms with Crippen LogP contribution in [-0.4, -0.2) is 111 Å². The van der Waals surface area contributed by atoms with Crippen LogP contribution in [-0.2, 0) is 35.1 Å². The summed E-state index contributed by atoms with van der Waals surface area (Å²) >= 11 is -2.47. The average Bonchev–Trinajstić information content (AvgIpc) is 3.50. The molecular weight excluding hydrogens is 1080 g/mol. The van der Waals surface area contributed by atoms with Gasteiger partial charge in [0.1, 0.15) is 24.2 Å². The summed E-state index contributed by atoms with van der Waals surface area (Å²) in [6.45, 7) is 3.62. The van der Waals surface area contributed by atoms with Crippen molar-refractivity contribution in [1.29, 1.82) is 0 Å². The molecule has 3 aliphatic rings. The summed E-state index contributed by atoms with van der Waals surface area (Å²) in [4.78, 5) is 61.6. The molecule has 0 saturated carbocycles. The van der Waals surface area contributed by atoms with Crippen molar-refractivity contribution in [3.8, 4) is 57.5 Å². The van der Waals surface area contributed by atoms with Gasteiger partial charge in [-0.15, -0.1) is 0 Å². The van der Waals surface area contributed by atoms with Gasteiger partial charge in [-0.3, -0.25) is 4.79 Å². The number of aliphatic hydroxyl groups is 1. The van der Waals surface area contributed by atoms with Crippen LogP contribution < -0.4 is 47.4 Å². The summed E-state index contributed by atoms with van der Waals surface area (Å²) in [5.41, 5.74) is 5.25. The number of benzene rings is 5. The Balaban J connectivity index is 0.000000198. The maximum Gasteiger partial charge on any atom is 0.352 e. The van der Waals surface area contributed by atoms with Crippen LogP contribution in [0.5, 0.6) is 57.5 Å². The zero-order valence-corrected chi connectivity index (χ0v) is 44.5. The van der Waals surface area contributed by atoms with Crippen molar-refractivity contribution in [2.24, 2.45) is 0 Å². The van der Waals surface area contributed by atoms with Crippen LogP contribution in [0.2, 0.25) is 0 Å². The fourth-order valence-corrected chi connectivity index (χ4v) is 10.2. The Bertz CT molecular complexity index is 2860. The summed E-state index contributed by atoms with van der Waals surface area (Å²) in [6, 6.07) is 25.6. The molecule has 0 fully saturated rings. The van der Waals surface area contributed by atoms with Crippen molar-refractivity contribution in [2.45, 2.75) is 26.9 Å². The van der Waals surface area contributed by atoms with Crippen LogP contribution in [0, 0.1) is 3.57 Å². The monoisotopic (exact) mass is 1140 g/mol. The minimum atomic E-state index is -2.47. The summed E-state index contributed by atoms with van der Waals surface area (Å²) in [5, 5.41) is 10.3. The molecule has 0 saturated heterocycles. The quantitative estimate of drug-likeness (QED) is 0.0750. The Labute approximate surface area is 434 Å². The standard InChI is InChI=1S/C20H22O6.C20H20O6.C9H7IO4.C4H6O4/c2*1-22-14-7-5-12(6-8-14)15-9-13(21)11-26-18-16(15)10-17(23-2)19(24-3)20(18)25-4;1-6(11)13-10-8-5-3-2-4-7(8)9(12)14-10;1-3(5)7-8-4(2)6/h5-10,13,21H,11H2,1-4H3;5-10H,11H2,1-4H3;2-5H,1H3;1-2H3. The number of carbonyl (C=O) groups is 5. The molecule has 1 atom stereocenters. The van der Waals surface area contributed by atoms with Crippen LogP contribution in [0.4, 0.5) is 0 Å². The maximum absolute atomic E-state index is 12.2. The molecule has 0 aromatic heterocycles. The Kier molecular flexibility index (Phi) is 20.7. The van der Waals surface area contributed by atoms with E-state index in [0.29, 0.717) is 62.7 Å². The molecule has 1 N–H and O–H groups in total. The van der Waals surface area contributed by atoms with Crippen LogP contribution in [0.15, 0.2) is 97.1 Å². The number of carbonyl (C=O) groups excluding carboxylic acids is 5. The van der Waals surface area contributed by atoms with Gasteiger partial charge in [-0.25, -0.2) is 19.4 Å². The normalized spacial score (nSPS) is 14.1. The minimum absolute atomic E-state index is 0.0848. The van der Waals surface area contributed by atoms with Crippen molar-refractivity contribution in [3.63, 3.8) is 0 Å². The van der Waals surface area contributed by atoms with Crippen molar-refractivity contribution in [3.05, 3.63) is 128 Å². The number of hydrogen-bond acceptors (Lipinski definition) is 20. The third kappa shape index (κ3) is 14.1. The average molecular weight is 1140 g/mol. The molecular formula is C53H55IO20. The molecule has 21 heteroatoms. The number of halogens is 1. The number of hydrogen-bond donors (Lipinski definition) is 1. The van der Waals surface area contributed by atoms with Gasteiger partial charge in [-0.05, 0) is 70.8 Å². The van der Waals surface area contributed by atoms with Gasteiger partial charge < -0.3 is 52.5 Å². The molecule has 0 aliphatic carbocycles. The van der Waals surface area contributed by atoms with E-state index in [0.717, 1.165) is 51.2 Å². The fourth-order valence-electron chi connectivity index (χ4n) is 7.08. The number of fused-ring (bicyclic) bond motifs is 3. The van der Waals surface area contributed by atoms with Crippen molar-refractivity contribution in [2.75, 3.05) is 70.1 Å². The zero-order chi connectivity index (χ0) is 54.1. The largest absolute Gasteiger partial charge is 0.497 e. The van der Waals surface area contributed by atoms with E-state index in [9.17, 15) is 29.1 Å². The number of aliphatic hydroxyl groups excluding tert-OH is 1. The van der Waals surface area contributed by atoms with Gasteiger partial charge in [0.25, 0.3) is 0 Å². The molecule has 0 radical (unpaired) electrons. The van der Waals surface area contributed by atoms with Crippen LogP contribution in [0.1, 0.15) is 53.4 Å². The Hall–Kier alpha value is -8.18. The topological polar surface area (TPSA) is 235 Å². The summed E-state index contributed by atoms with van der Waals surface area (Å²) in [5.74, 6) is 2.90. The van der Waals surface area contributed by atoms with Gasteiger partial charge >= 0.3 is 101 Å². The molecule has 0 spiro atoms. The van der Waals surface area contributed by atoms with E-state index in [1.807, 2.05) is 54.6 Å². The zero-order valence-electron chi connectivity index (χ0n) is 42.3. The van der Waals surface area contributed by atoms with Gasteiger partial charge in [0.2, 0.25) is 23.0 Å². The molecule has 394 valence electrons. The maximum atomic E-state index is 12.2. The predicted octanol–water partition coefficient (Wildman–Crippen LogP) is 7.97. The second-order valence-electron chi connectivity index (χ2n) is 15.1. The second kappa shape index (κ2) is 27.0. The van der Waals surface area contributed by atoms with Crippen LogP contribution in [0.3, 0.4) is 0 Å². The molecule has 8 rings (SSSR count). The smallest absolute Gasteiger partial charge is 0.352 e. The molecule has 5 aromatic rings. The van der Waals surface area contributed by atoms with E-state index in [2.05, 4.69) is 9.78 Å². The van der Waals surface area contributed by atoms with E-state index in [-0.39, 0.29) is 25.0 Å². The van der Waals surface area contributed by atoms with Crippen LogP contribution >= 0.6 is 20.6 Å². The van der Waals surface area contributed by atoms with Crippen LogP contribution in [0.25, 0.3) is 11.1 Å².